The summed E-state index contributed by atoms with van der Waals surface area (Å²) in [6.45, 7) is 0.966. The van der Waals surface area contributed by atoms with E-state index in [0.29, 0.717) is 43.0 Å². The van der Waals surface area contributed by atoms with Crippen molar-refractivity contribution in [2.75, 3.05) is 27.2 Å². The van der Waals surface area contributed by atoms with Crippen molar-refractivity contribution >= 4 is 15.9 Å². The van der Waals surface area contributed by atoms with E-state index in [1.54, 1.807) is 67.6 Å². The molecule has 2 aliphatic rings. The van der Waals surface area contributed by atoms with E-state index in [9.17, 15) is 13.2 Å². The lowest BCUT2D eigenvalue weighted by molar-refractivity contribution is 0.0755. The number of nitrogens with zero attached hydrogens (tertiary/aromatic N) is 2. The van der Waals surface area contributed by atoms with Crippen LogP contribution < -0.4 is 9.47 Å². The number of ether oxygens (including phenoxy) is 2. The van der Waals surface area contributed by atoms with Crippen molar-refractivity contribution in [3.63, 3.8) is 0 Å². The number of sulfonamides is 1. The van der Waals surface area contributed by atoms with Crippen LogP contribution in [0.4, 0.5) is 0 Å². The Kier molecular flexibility index (Phi) is 5.23. The lowest BCUT2D eigenvalue weighted by Crippen LogP contribution is -2.44. The normalized spacial score (nSPS) is 23.7. The van der Waals surface area contributed by atoms with Crippen LogP contribution in [0.15, 0.2) is 53.4 Å². The van der Waals surface area contributed by atoms with Gasteiger partial charge in [-0.05, 0) is 42.8 Å². The first-order valence-electron chi connectivity index (χ1n) is 9.59. The van der Waals surface area contributed by atoms with Crippen LogP contribution in [0.2, 0.25) is 0 Å². The lowest BCUT2D eigenvalue weighted by atomic mass is 10.1. The maximum atomic E-state index is 13.0. The number of fused-ring (bicyclic) bond motifs is 2. The topological polar surface area (TPSA) is 76.1 Å². The third-order valence-electron chi connectivity index (χ3n) is 5.68. The molecule has 1 saturated heterocycles. The van der Waals surface area contributed by atoms with Gasteiger partial charge < -0.3 is 14.4 Å². The fourth-order valence-electron chi connectivity index (χ4n) is 3.99. The number of hydrogen-bond acceptors (Lipinski definition) is 5. The van der Waals surface area contributed by atoms with Gasteiger partial charge in [0.25, 0.3) is 5.91 Å². The van der Waals surface area contributed by atoms with Gasteiger partial charge in [0.15, 0.2) is 0 Å². The minimum atomic E-state index is -3.65. The van der Waals surface area contributed by atoms with Crippen LogP contribution in [0.1, 0.15) is 23.2 Å². The molecule has 0 unspecified atom stereocenters. The zero-order chi connectivity index (χ0) is 20.6. The SMILES string of the molecule is COc1ccc(C(=O)N2CC[C@@H]3[C@@H](CC2)Oc2ccccc2S(=O)(=O)N3C)cc1. The Morgan fingerprint density at radius 1 is 1.07 bits per heavy atom. The van der Waals surface area contributed by atoms with Crippen LogP contribution >= 0.6 is 0 Å². The summed E-state index contributed by atoms with van der Waals surface area (Å²) in [4.78, 5) is 14.9. The summed E-state index contributed by atoms with van der Waals surface area (Å²) < 4.78 is 38.8. The predicted octanol–water partition coefficient (Wildman–Crippen LogP) is 2.38. The third kappa shape index (κ3) is 3.58. The first-order chi connectivity index (χ1) is 13.9. The average molecular weight is 416 g/mol. The smallest absolute Gasteiger partial charge is 0.253 e. The molecule has 154 valence electrons. The Hall–Kier alpha value is -2.58. The first kappa shape index (κ1) is 19.7. The van der Waals surface area contributed by atoms with Crippen molar-refractivity contribution < 1.29 is 22.7 Å². The maximum Gasteiger partial charge on any atom is 0.253 e. The van der Waals surface area contributed by atoms with Gasteiger partial charge in [-0.15, -0.1) is 0 Å². The highest BCUT2D eigenvalue weighted by Gasteiger charge is 2.41. The molecule has 0 spiro atoms. The second-order valence-corrected chi connectivity index (χ2v) is 9.26. The van der Waals surface area contributed by atoms with Crippen LogP contribution in [0.3, 0.4) is 0 Å². The third-order valence-corrected chi connectivity index (χ3v) is 7.61. The van der Waals surface area contributed by atoms with Crippen molar-refractivity contribution in [3.8, 4) is 11.5 Å². The molecule has 29 heavy (non-hydrogen) atoms. The van der Waals surface area contributed by atoms with Gasteiger partial charge in [0.05, 0.1) is 13.2 Å². The van der Waals surface area contributed by atoms with Gasteiger partial charge >= 0.3 is 0 Å². The quantitative estimate of drug-likeness (QED) is 0.751. The summed E-state index contributed by atoms with van der Waals surface area (Å²) in [5.41, 5.74) is 0.583. The molecule has 2 aliphatic heterocycles. The van der Waals surface area contributed by atoms with E-state index in [0.717, 1.165) is 0 Å². The molecule has 0 N–H and O–H groups in total. The van der Waals surface area contributed by atoms with Crippen molar-refractivity contribution in [1.82, 2.24) is 9.21 Å². The van der Waals surface area contributed by atoms with Gasteiger partial charge in [0.2, 0.25) is 10.0 Å². The van der Waals surface area contributed by atoms with Crippen molar-refractivity contribution in [2.24, 2.45) is 0 Å². The van der Waals surface area contributed by atoms with E-state index in [2.05, 4.69) is 0 Å². The summed E-state index contributed by atoms with van der Waals surface area (Å²) in [7, 11) is -0.472. The monoisotopic (exact) mass is 416 g/mol. The zero-order valence-corrected chi connectivity index (χ0v) is 17.3. The number of benzene rings is 2. The molecule has 0 aliphatic carbocycles. The van der Waals surface area contributed by atoms with E-state index in [1.807, 2.05) is 0 Å². The van der Waals surface area contributed by atoms with Gasteiger partial charge in [0, 0.05) is 32.1 Å². The van der Waals surface area contributed by atoms with Gasteiger partial charge in [-0.2, -0.15) is 4.31 Å². The Morgan fingerprint density at radius 2 is 1.76 bits per heavy atom. The van der Waals surface area contributed by atoms with Crippen LogP contribution in [-0.4, -0.2) is 62.9 Å². The Labute approximate surface area is 170 Å². The number of hydrogen-bond donors (Lipinski definition) is 0. The molecule has 2 atom stereocenters. The Morgan fingerprint density at radius 3 is 2.48 bits per heavy atom. The molecule has 8 heteroatoms. The van der Waals surface area contributed by atoms with E-state index < -0.39 is 10.0 Å². The molecule has 2 heterocycles. The molecule has 2 aromatic carbocycles. The molecule has 4 rings (SSSR count). The number of amides is 1. The van der Waals surface area contributed by atoms with Crippen LogP contribution in [-0.2, 0) is 10.0 Å². The highest BCUT2D eigenvalue weighted by atomic mass is 32.2. The fourth-order valence-corrected chi connectivity index (χ4v) is 5.52. The van der Waals surface area contributed by atoms with Gasteiger partial charge in [-0.3, -0.25) is 4.79 Å². The maximum absolute atomic E-state index is 13.0. The van der Waals surface area contributed by atoms with E-state index >= 15 is 0 Å². The molecule has 7 nitrogen and oxygen atoms in total. The van der Waals surface area contributed by atoms with Crippen molar-refractivity contribution in [1.29, 1.82) is 0 Å². The van der Waals surface area contributed by atoms with Gasteiger partial charge in [-0.25, -0.2) is 8.42 Å². The molecular formula is C21H24N2O5S. The second kappa shape index (κ2) is 7.68. The number of methoxy groups -OCH3 is 1. The van der Waals surface area contributed by atoms with Gasteiger partial charge in [0.1, 0.15) is 22.5 Å². The second-order valence-electron chi connectivity index (χ2n) is 7.29. The van der Waals surface area contributed by atoms with Crippen molar-refractivity contribution in [3.05, 3.63) is 54.1 Å². The minimum Gasteiger partial charge on any atom is -0.497 e. The number of para-hydroxylation sites is 1. The van der Waals surface area contributed by atoms with E-state index in [4.69, 9.17) is 9.47 Å². The number of likely N-dealkylation sites (tertiary alicyclic amines) is 1. The number of rotatable bonds is 2. The minimum absolute atomic E-state index is 0.0741. The standard InChI is InChI=1S/C21H24N2O5S/c1-22-17-11-13-23(21(24)15-7-9-16(27-2)10-8-15)14-12-18(17)28-19-5-3-4-6-20(19)29(22,25)26/h3-10,17-18H,11-14H2,1-2H3/t17-,18-/m1/s1. The molecule has 1 amide bonds. The first-order valence-corrected chi connectivity index (χ1v) is 11.0. The number of carbonyl (C=O) groups is 1. The summed E-state index contributed by atoms with van der Waals surface area (Å²) in [5, 5.41) is 0. The van der Waals surface area contributed by atoms with E-state index in [-0.39, 0.29) is 22.9 Å². The van der Waals surface area contributed by atoms with Crippen LogP contribution in [0.5, 0.6) is 11.5 Å². The van der Waals surface area contributed by atoms with Crippen LogP contribution in [0, 0.1) is 0 Å². The zero-order valence-electron chi connectivity index (χ0n) is 16.4. The van der Waals surface area contributed by atoms with Crippen LogP contribution in [0.25, 0.3) is 0 Å². The molecule has 0 bridgehead atoms. The molecule has 0 saturated carbocycles. The Bertz CT molecular complexity index is 1010. The van der Waals surface area contributed by atoms with E-state index in [1.165, 1.54) is 4.31 Å². The summed E-state index contributed by atoms with van der Waals surface area (Å²) in [5.74, 6) is 0.996. The molecular weight excluding hydrogens is 392 g/mol. The summed E-state index contributed by atoms with van der Waals surface area (Å²) >= 11 is 0. The number of carbonyl (C=O) groups excluding carboxylic acids is 1. The summed E-state index contributed by atoms with van der Waals surface area (Å²) in [6.07, 6.45) is 0.754. The number of likely N-dealkylation sites (N-methyl/N-ethyl adjacent to an activating group) is 1. The summed E-state index contributed by atoms with van der Waals surface area (Å²) in [6, 6.07) is 13.4. The largest absolute Gasteiger partial charge is 0.497 e. The molecule has 0 radical (unpaired) electrons. The predicted molar refractivity (Wildman–Crippen MR) is 108 cm³/mol. The lowest BCUT2D eigenvalue weighted by Gasteiger charge is -2.28. The average Bonchev–Trinajstić information content (AvgIpc) is 2.99. The molecule has 1 fully saturated rings. The highest BCUT2D eigenvalue weighted by Crippen LogP contribution is 2.35. The highest BCUT2D eigenvalue weighted by molar-refractivity contribution is 7.89. The van der Waals surface area contributed by atoms with Gasteiger partial charge in [-0.1, -0.05) is 12.1 Å². The molecule has 0 aromatic heterocycles. The fraction of sp³-hybridized carbons (Fsp3) is 0.381. The molecule has 2 aromatic rings. The van der Waals surface area contributed by atoms with Crippen molar-refractivity contribution in [2.45, 2.75) is 29.9 Å². The Balaban J connectivity index is 1.57.